The second-order valence-electron chi connectivity index (χ2n) is 5.27. The number of amides is 1. The summed E-state index contributed by atoms with van der Waals surface area (Å²) in [5.74, 6) is 0.253. The minimum atomic E-state index is -0.179. The Hall–Kier alpha value is -2.82. The molecule has 0 fully saturated rings. The molecule has 0 spiro atoms. The number of nitrogens with zero attached hydrogens (tertiary/aromatic N) is 2. The number of benzene rings is 2. The molecule has 5 nitrogen and oxygen atoms in total. The van der Waals surface area contributed by atoms with Gasteiger partial charge in [-0.25, -0.2) is 5.01 Å². The Balaban J connectivity index is 1.92. The first kappa shape index (κ1) is 14.1. The van der Waals surface area contributed by atoms with E-state index < -0.39 is 0 Å². The zero-order valence-corrected chi connectivity index (χ0v) is 12.1. The lowest BCUT2D eigenvalue weighted by Gasteiger charge is -2.20. The fourth-order valence-corrected chi connectivity index (χ4v) is 2.58. The van der Waals surface area contributed by atoms with E-state index >= 15 is 0 Å². The highest BCUT2D eigenvalue weighted by atomic mass is 16.3. The monoisotopic (exact) mass is 296 g/mol. The average Bonchev–Trinajstić information content (AvgIpc) is 2.94. The Morgan fingerprint density at radius 2 is 1.59 bits per heavy atom. The molecule has 5 heteroatoms. The molecule has 1 unspecified atom stereocenters. The predicted molar refractivity (Wildman–Crippen MR) is 82.6 cm³/mol. The third kappa shape index (κ3) is 2.65. The first-order valence-corrected chi connectivity index (χ1v) is 7.00. The maximum Gasteiger partial charge on any atom is 0.240 e. The van der Waals surface area contributed by atoms with Crippen molar-refractivity contribution < 1.29 is 15.0 Å². The van der Waals surface area contributed by atoms with E-state index in [-0.39, 0.29) is 23.4 Å². The molecular formula is C17H16N2O3. The fraction of sp³-hybridized carbons (Fsp3) is 0.176. The summed E-state index contributed by atoms with van der Waals surface area (Å²) in [6.45, 7) is 1.48. The molecular weight excluding hydrogens is 280 g/mol. The normalized spacial score (nSPS) is 17.4. The van der Waals surface area contributed by atoms with Gasteiger partial charge < -0.3 is 10.2 Å². The second-order valence-corrected chi connectivity index (χ2v) is 5.27. The zero-order chi connectivity index (χ0) is 15.7. The topological polar surface area (TPSA) is 73.1 Å². The molecule has 0 radical (unpaired) electrons. The van der Waals surface area contributed by atoms with Crippen LogP contribution in [-0.2, 0) is 4.79 Å². The van der Waals surface area contributed by atoms with Crippen LogP contribution in [0.4, 0.5) is 0 Å². The lowest BCUT2D eigenvalue weighted by atomic mass is 9.98. The zero-order valence-electron chi connectivity index (χ0n) is 12.1. The molecule has 3 rings (SSSR count). The van der Waals surface area contributed by atoms with Gasteiger partial charge in [0.05, 0.1) is 11.8 Å². The minimum absolute atomic E-state index is 0.133. The molecule has 1 heterocycles. The summed E-state index contributed by atoms with van der Waals surface area (Å²) in [5.41, 5.74) is 2.60. The molecule has 2 aromatic rings. The molecule has 1 aliphatic rings. The van der Waals surface area contributed by atoms with Crippen molar-refractivity contribution in [2.75, 3.05) is 0 Å². The van der Waals surface area contributed by atoms with E-state index in [0.717, 1.165) is 16.8 Å². The third-order valence-corrected chi connectivity index (χ3v) is 3.71. The van der Waals surface area contributed by atoms with Crippen LogP contribution in [0, 0.1) is 0 Å². The van der Waals surface area contributed by atoms with Crippen molar-refractivity contribution in [3.63, 3.8) is 0 Å². The van der Waals surface area contributed by atoms with Crippen molar-refractivity contribution in [3.8, 4) is 11.5 Å². The van der Waals surface area contributed by atoms with Gasteiger partial charge in [0.25, 0.3) is 0 Å². The molecule has 0 aliphatic carbocycles. The van der Waals surface area contributed by atoms with Crippen molar-refractivity contribution in [2.24, 2.45) is 5.10 Å². The molecule has 2 aromatic carbocycles. The molecule has 112 valence electrons. The lowest BCUT2D eigenvalue weighted by Crippen LogP contribution is -2.24. The number of aromatic hydroxyl groups is 2. The van der Waals surface area contributed by atoms with E-state index in [0.29, 0.717) is 6.42 Å². The molecule has 0 saturated heterocycles. The Labute approximate surface area is 128 Å². The maximum atomic E-state index is 11.9. The average molecular weight is 296 g/mol. The van der Waals surface area contributed by atoms with Crippen molar-refractivity contribution in [3.05, 3.63) is 59.7 Å². The number of hydrogen-bond donors (Lipinski definition) is 2. The highest BCUT2D eigenvalue weighted by molar-refractivity contribution is 6.03. The van der Waals surface area contributed by atoms with Gasteiger partial charge in [-0.05, 0) is 47.5 Å². The van der Waals surface area contributed by atoms with Crippen LogP contribution in [0.5, 0.6) is 11.5 Å². The van der Waals surface area contributed by atoms with E-state index in [1.807, 2.05) is 0 Å². The Kier molecular flexibility index (Phi) is 3.55. The largest absolute Gasteiger partial charge is 0.508 e. The summed E-state index contributed by atoms with van der Waals surface area (Å²) in [6.07, 6.45) is 0.592. The van der Waals surface area contributed by atoms with Crippen molar-refractivity contribution >= 4 is 11.6 Å². The predicted octanol–water partition coefficient (Wildman–Crippen LogP) is 2.80. The third-order valence-electron chi connectivity index (χ3n) is 3.71. The summed E-state index contributed by atoms with van der Waals surface area (Å²) in [6, 6.07) is 13.4. The second kappa shape index (κ2) is 5.52. The standard InChI is InChI=1S/C17H16N2O3/c1-11(20)19-17(13-4-8-15(22)9-5-13)10-16(18-19)12-2-6-14(21)7-3-12/h2-9,17,21-22H,10H2,1H3. The molecule has 22 heavy (non-hydrogen) atoms. The highest BCUT2D eigenvalue weighted by Gasteiger charge is 2.31. The van der Waals surface area contributed by atoms with Crippen LogP contribution < -0.4 is 0 Å². The number of rotatable bonds is 2. The summed E-state index contributed by atoms with van der Waals surface area (Å²) in [5, 5.41) is 24.7. The quantitative estimate of drug-likeness (QED) is 0.895. The molecule has 1 atom stereocenters. The minimum Gasteiger partial charge on any atom is -0.508 e. The number of phenols is 2. The Bertz CT molecular complexity index is 721. The summed E-state index contributed by atoms with van der Waals surface area (Å²) >= 11 is 0. The first-order chi connectivity index (χ1) is 10.5. The number of hydrazone groups is 1. The van der Waals surface area contributed by atoms with Crippen molar-refractivity contribution in [2.45, 2.75) is 19.4 Å². The van der Waals surface area contributed by atoms with Gasteiger partial charge in [-0.2, -0.15) is 5.10 Å². The van der Waals surface area contributed by atoms with E-state index in [9.17, 15) is 15.0 Å². The van der Waals surface area contributed by atoms with Gasteiger partial charge in [-0.1, -0.05) is 12.1 Å². The number of carbonyl (C=O) groups excluding carboxylic acids is 1. The van der Waals surface area contributed by atoms with Crippen LogP contribution in [0.3, 0.4) is 0 Å². The van der Waals surface area contributed by atoms with Crippen LogP contribution in [-0.4, -0.2) is 26.8 Å². The summed E-state index contributed by atoms with van der Waals surface area (Å²) in [7, 11) is 0. The van der Waals surface area contributed by atoms with E-state index in [4.69, 9.17) is 0 Å². The van der Waals surface area contributed by atoms with Crippen LogP contribution in [0.25, 0.3) is 0 Å². The summed E-state index contributed by atoms with van der Waals surface area (Å²) < 4.78 is 0. The van der Waals surface area contributed by atoms with Crippen LogP contribution in [0.2, 0.25) is 0 Å². The van der Waals surface area contributed by atoms with Crippen molar-refractivity contribution in [1.29, 1.82) is 0 Å². The van der Waals surface area contributed by atoms with Gasteiger partial charge in [0.15, 0.2) is 0 Å². The van der Waals surface area contributed by atoms with Gasteiger partial charge in [0.1, 0.15) is 11.5 Å². The number of phenolic OH excluding ortho intramolecular Hbond substituents is 2. The molecule has 0 bridgehead atoms. The molecule has 1 aliphatic heterocycles. The van der Waals surface area contributed by atoms with Gasteiger partial charge >= 0.3 is 0 Å². The van der Waals surface area contributed by atoms with Crippen LogP contribution in [0.15, 0.2) is 53.6 Å². The SMILES string of the molecule is CC(=O)N1N=C(c2ccc(O)cc2)CC1c1ccc(O)cc1. The molecule has 2 N–H and O–H groups in total. The van der Waals surface area contributed by atoms with Gasteiger partial charge in [0.2, 0.25) is 5.91 Å². The van der Waals surface area contributed by atoms with E-state index in [1.54, 1.807) is 48.5 Å². The fourth-order valence-electron chi connectivity index (χ4n) is 2.58. The first-order valence-electron chi connectivity index (χ1n) is 7.00. The lowest BCUT2D eigenvalue weighted by molar-refractivity contribution is -0.130. The van der Waals surface area contributed by atoms with Crippen molar-refractivity contribution in [1.82, 2.24) is 5.01 Å². The molecule has 0 saturated carbocycles. The summed E-state index contributed by atoms with van der Waals surface area (Å²) in [4.78, 5) is 11.9. The van der Waals surface area contributed by atoms with Gasteiger partial charge in [-0.15, -0.1) is 0 Å². The van der Waals surface area contributed by atoms with E-state index in [2.05, 4.69) is 5.10 Å². The Morgan fingerprint density at radius 3 is 2.14 bits per heavy atom. The van der Waals surface area contributed by atoms with Crippen LogP contribution in [0.1, 0.15) is 30.5 Å². The van der Waals surface area contributed by atoms with Gasteiger partial charge in [0, 0.05) is 13.3 Å². The smallest absolute Gasteiger partial charge is 0.240 e. The number of hydrogen-bond acceptors (Lipinski definition) is 4. The molecule has 0 aromatic heterocycles. The highest BCUT2D eigenvalue weighted by Crippen LogP contribution is 2.33. The van der Waals surface area contributed by atoms with E-state index in [1.165, 1.54) is 11.9 Å². The number of carbonyl (C=O) groups is 1. The van der Waals surface area contributed by atoms with Crippen LogP contribution >= 0.6 is 0 Å². The maximum absolute atomic E-state index is 11.9. The Morgan fingerprint density at radius 1 is 1.05 bits per heavy atom. The van der Waals surface area contributed by atoms with Gasteiger partial charge in [-0.3, -0.25) is 4.79 Å². The molecule has 1 amide bonds.